The standard InChI is InChI=1S/C22H26N4O3S2/c1-2-18(15-16-7-4-3-5-8-16)23-22(27)17-11-13-26(14-12-17)31(28,29)20-10-6-9-19-21(20)25-30-24-19/h3-10,17-18H,2,11-15H2,1H3,(H,23,27)/t18-/m0/s1. The Bertz CT molecular complexity index is 1140. The third kappa shape index (κ3) is 4.78. The summed E-state index contributed by atoms with van der Waals surface area (Å²) in [6.45, 7) is 2.71. The largest absolute Gasteiger partial charge is 0.353 e. The van der Waals surface area contributed by atoms with Crippen LogP contribution < -0.4 is 5.32 Å². The van der Waals surface area contributed by atoms with Crippen molar-refractivity contribution in [3.8, 4) is 0 Å². The minimum Gasteiger partial charge on any atom is -0.353 e. The van der Waals surface area contributed by atoms with Gasteiger partial charge in [-0.2, -0.15) is 13.1 Å². The smallest absolute Gasteiger partial charge is 0.245 e. The number of benzene rings is 2. The number of piperidine rings is 1. The van der Waals surface area contributed by atoms with Gasteiger partial charge in [0.05, 0.1) is 11.7 Å². The van der Waals surface area contributed by atoms with E-state index in [-0.39, 0.29) is 22.8 Å². The number of nitrogens with zero attached hydrogens (tertiary/aromatic N) is 3. The molecule has 1 amide bonds. The van der Waals surface area contributed by atoms with Gasteiger partial charge in [-0.15, -0.1) is 0 Å². The lowest BCUT2D eigenvalue weighted by Gasteiger charge is -2.31. The second-order valence-electron chi connectivity index (χ2n) is 7.87. The lowest BCUT2D eigenvalue weighted by molar-refractivity contribution is -0.126. The zero-order chi connectivity index (χ0) is 21.8. The molecule has 0 spiro atoms. The third-order valence-corrected chi connectivity index (χ3v) is 8.33. The van der Waals surface area contributed by atoms with Crippen molar-refractivity contribution in [1.29, 1.82) is 0 Å². The van der Waals surface area contributed by atoms with Crippen LogP contribution in [0.3, 0.4) is 0 Å². The number of carbonyl (C=O) groups excluding carboxylic acids is 1. The maximum Gasteiger partial charge on any atom is 0.245 e. The van der Waals surface area contributed by atoms with Crippen LogP contribution in [0.15, 0.2) is 53.4 Å². The summed E-state index contributed by atoms with van der Waals surface area (Å²) in [5.41, 5.74) is 2.20. The molecule has 1 saturated heterocycles. The highest BCUT2D eigenvalue weighted by molar-refractivity contribution is 7.89. The number of sulfonamides is 1. The number of aromatic nitrogens is 2. The predicted molar refractivity (Wildman–Crippen MR) is 121 cm³/mol. The van der Waals surface area contributed by atoms with E-state index in [1.165, 1.54) is 9.87 Å². The van der Waals surface area contributed by atoms with E-state index >= 15 is 0 Å². The van der Waals surface area contributed by atoms with Crippen LogP contribution in [0.25, 0.3) is 11.0 Å². The monoisotopic (exact) mass is 458 g/mol. The van der Waals surface area contributed by atoms with Crippen molar-refractivity contribution in [2.24, 2.45) is 5.92 Å². The highest BCUT2D eigenvalue weighted by Gasteiger charge is 2.34. The van der Waals surface area contributed by atoms with E-state index in [2.05, 4.69) is 33.1 Å². The minimum atomic E-state index is -3.67. The van der Waals surface area contributed by atoms with Crippen molar-refractivity contribution in [3.05, 3.63) is 54.1 Å². The summed E-state index contributed by atoms with van der Waals surface area (Å²) in [5, 5.41) is 3.17. The zero-order valence-corrected chi connectivity index (χ0v) is 19.0. The first-order valence-corrected chi connectivity index (χ1v) is 12.7. The Morgan fingerprint density at radius 1 is 1.13 bits per heavy atom. The van der Waals surface area contributed by atoms with E-state index in [4.69, 9.17) is 0 Å². The maximum atomic E-state index is 13.2. The quantitative estimate of drug-likeness (QED) is 0.587. The molecule has 1 fully saturated rings. The van der Waals surface area contributed by atoms with E-state index < -0.39 is 10.0 Å². The normalized spacial score (nSPS) is 16.9. The maximum absolute atomic E-state index is 13.2. The molecule has 1 atom stereocenters. The first-order valence-electron chi connectivity index (χ1n) is 10.5. The molecule has 9 heteroatoms. The van der Waals surface area contributed by atoms with Gasteiger partial charge in [-0.05, 0) is 43.4 Å². The molecule has 3 aromatic rings. The summed E-state index contributed by atoms with van der Waals surface area (Å²) in [6, 6.07) is 15.2. The van der Waals surface area contributed by atoms with Gasteiger partial charge in [0.25, 0.3) is 0 Å². The van der Waals surface area contributed by atoms with Gasteiger partial charge in [0.1, 0.15) is 15.9 Å². The minimum absolute atomic E-state index is 0.0191. The number of nitrogens with one attached hydrogen (secondary N) is 1. The van der Waals surface area contributed by atoms with E-state index in [1.807, 2.05) is 18.2 Å². The molecular formula is C22H26N4O3S2. The van der Waals surface area contributed by atoms with Crippen molar-refractivity contribution in [3.63, 3.8) is 0 Å². The van der Waals surface area contributed by atoms with Gasteiger partial charge in [0, 0.05) is 25.0 Å². The molecule has 0 bridgehead atoms. The van der Waals surface area contributed by atoms with Crippen LogP contribution in [0.2, 0.25) is 0 Å². The average molecular weight is 459 g/mol. The van der Waals surface area contributed by atoms with Crippen LogP contribution in [0, 0.1) is 5.92 Å². The topological polar surface area (TPSA) is 92.3 Å². The molecule has 0 aliphatic carbocycles. The fourth-order valence-corrected chi connectivity index (χ4v) is 6.22. The fraction of sp³-hybridized carbons (Fsp3) is 0.409. The predicted octanol–water partition coefficient (Wildman–Crippen LogP) is 3.23. The Kier molecular flexibility index (Phi) is 6.64. The van der Waals surface area contributed by atoms with E-state index in [9.17, 15) is 13.2 Å². The summed E-state index contributed by atoms with van der Waals surface area (Å²) in [4.78, 5) is 13.0. The molecule has 0 unspecified atom stereocenters. The van der Waals surface area contributed by atoms with Gasteiger partial charge in [-0.25, -0.2) is 8.42 Å². The molecule has 4 rings (SSSR count). The lowest BCUT2D eigenvalue weighted by Crippen LogP contribution is -2.45. The van der Waals surface area contributed by atoms with Crippen molar-refractivity contribution in [1.82, 2.24) is 18.4 Å². The highest BCUT2D eigenvalue weighted by Crippen LogP contribution is 2.28. The van der Waals surface area contributed by atoms with Crippen LogP contribution in [0.5, 0.6) is 0 Å². The zero-order valence-electron chi connectivity index (χ0n) is 17.4. The Balaban J connectivity index is 1.37. The second kappa shape index (κ2) is 9.42. The molecule has 1 N–H and O–H groups in total. The molecule has 1 aliphatic rings. The molecule has 1 aromatic heterocycles. The molecule has 7 nitrogen and oxygen atoms in total. The fourth-order valence-electron chi connectivity index (χ4n) is 4.00. The number of hydrogen-bond acceptors (Lipinski definition) is 6. The number of amides is 1. The SMILES string of the molecule is CC[C@@H](Cc1ccccc1)NC(=O)C1CCN(S(=O)(=O)c2cccc3nsnc23)CC1. The van der Waals surface area contributed by atoms with E-state index in [0.29, 0.717) is 37.0 Å². The molecule has 31 heavy (non-hydrogen) atoms. The van der Waals surface area contributed by atoms with Crippen molar-refractivity contribution >= 4 is 38.7 Å². The van der Waals surface area contributed by atoms with Gasteiger partial charge in [-0.3, -0.25) is 4.79 Å². The Morgan fingerprint density at radius 2 is 1.87 bits per heavy atom. The van der Waals surface area contributed by atoms with Gasteiger partial charge in [0.2, 0.25) is 15.9 Å². The second-order valence-corrected chi connectivity index (χ2v) is 10.3. The molecule has 1 aliphatic heterocycles. The first kappa shape index (κ1) is 21.9. The van der Waals surface area contributed by atoms with E-state index in [0.717, 1.165) is 24.6 Å². The Labute approximate surface area is 186 Å². The Hall–Kier alpha value is -2.36. The number of fused-ring (bicyclic) bond motifs is 1. The summed E-state index contributed by atoms with van der Waals surface area (Å²) < 4.78 is 36.1. The molecule has 2 aromatic carbocycles. The van der Waals surface area contributed by atoms with Gasteiger partial charge in [0.15, 0.2) is 0 Å². The molecule has 0 saturated carbocycles. The van der Waals surface area contributed by atoms with Gasteiger partial charge >= 0.3 is 0 Å². The van der Waals surface area contributed by atoms with Crippen molar-refractivity contribution in [2.75, 3.05) is 13.1 Å². The number of carbonyl (C=O) groups is 1. The lowest BCUT2D eigenvalue weighted by atomic mass is 9.96. The van der Waals surface area contributed by atoms with Gasteiger partial charge < -0.3 is 5.32 Å². The van der Waals surface area contributed by atoms with Crippen LogP contribution in [0.1, 0.15) is 31.7 Å². The summed E-state index contributed by atoms with van der Waals surface area (Å²) in [5.74, 6) is -0.154. The number of hydrogen-bond donors (Lipinski definition) is 1. The van der Waals surface area contributed by atoms with Gasteiger partial charge in [-0.1, -0.05) is 43.3 Å². The number of rotatable bonds is 7. The third-order valence-electron chi connectivity index (χ3n) is 5.86. The van der Waals surface area contributed by atoms with Crippen LogP contribution in [-0.4, -0.2) is 46.5 Å². The summed E-state index contributed by atoms with van der Waals surface area (Å²) >= 11 is 1.01. The molecule has 2 heterocycles. The van der Waals surface area contributed by atoms with Crippen molar-refractivity contribution < 1.29 is 13.2 Å². The van der Waals surface area contributed by atoms with Crippen LogP contribution in [-0.2, 0) is 21.2 Å². The Morgan fingerprint density at radius 3 is 2.58 bits per heavy atom. The van der Waals surface area contributed by atoms with Crippen LogP contribution in [0.4, 0.5) is 0 Å². The van der Waals surface area contributed by atoms with Crippen LogP contribution >= 0.6 is 11.7 Å². The summed E-state index contributed by atoms with van der Waals surface area (Å²) in [7, 11) is -3.67. The molecular weight excluding hydrogens is 432 g/mol. The first-order chi connectivity index (χ1) is 15.0. The summed E-state index contributed by atoms with van der Waals surface area (Å²) in [6.07, 6.45) is 2.66. The average Bonchev–Trinajstić information content (AvgIpc) is 3.28. The van der Waals surface area contributed by atoms with E-state index in [1.54, 1.807) is 18.2 Å². The molecule has 164 valence electrons. The highest BCUT2D eigenvalue weighted by atomic mass is 32.2. The molecule has 0 radical (unpaired) electrons. The van der Waals surface area contributed by atoms with Crippen molar-refractivity contribution in [2.45, 2.75) is 43.5 Å².